The normalized spacial score (nSPS) is 11.2. The van der Waals surface area contributed by atoms with Crippen molar-refractivity contribution in [3.8, 4) is 6.07 Å². The highest BCUT2D eigenvalue weighted by Gasteiger charge is 2.16. The Labute approximate surface area is 103 Å². The lowest BCUT2D eigenvalue weighted by Crippen LogP contribution is -2.39. The topological polar surface area (TPSA) is 56.0 Å². The van der Waals surface area contributed by atoms with Crippen LogP contribution in [0.2, 0.25) is 0 Å². The van der Waals surface area contributed by atoms with Crippen molar-refractivity contribution in [1.29, 1.82) is 5.26 Å². The minimum absolute atomic E-state index is 0.0743. The fourth-order valence-corrected chi connectivity index (χ4v) is 1.67. The fraction of sp³-hybridized carbons (Fsp3) is 0.500. The van der Waals surface area contributed by atoms with Crippen molar-refractivity contribution in [3.63, 3.8) is 0 Å². The SMILES string of the molecule is Cc1cc(C#N)ccc1CNC(C)(C)CCO. The van der Waals surface area contributed by atoms with Crippen LogP contribution in [0.15, 0.2) is 18.2 Å². The van der Waals surface area contributed by atoms with Crippen LogP contribution in [0, 0.1) is 18.3 Å². The van der Waals surface area contributed by atoms with E-state index in [0.29, 0.717) is 5.56 Å². The molecule has 0 spiro atoms. The zero-order valence-electron chi connectivity index (χ0n) is 10.7. The molecular weight excluding hydrogens is 212 g/mol. The molecule has 0 bridgehead atoms. The summed E-state index contributed by atoms with van der Waals surface area (Å²) in [5, 5.41) is 21.1. The van der Waals surface area contributed by atoms with E-state index >= 15 is 0 Å². The quantitative estimate of drug-likeness (QED) is 0.817. The molecule has 1 aromatic carbocycles. The summed E-state index contributed by atoms with van der Waals surface area (Å²) in [5.74, 6) is 0. The third kappa shape index (κ3) is 4.18. The predicted octanol–water partition coefficient (Wildman–Crippen LogP) is 2.12. The summed E-state index contributed by atoms with van der Waals surface area (Å²) in [6.45, 7) is 7.10. The van der Waals surface area contributed by atoms with Gasteiger partial charge < -0.3 is 10.4 Å². The molecule has 0 saturated heterocycles. The zero-order chi connectivity index (χ0) is 12.9. The molecule has 92 valence electrons. The van der Waals surface area contributed by atoms with Crippen molar-refractivity contribution in [2.75, 3.05) is 6.61 Å². The van der Waals surface area contributed by atoms with Gasteiger partial charge in [-0.05, 0) is 50.5 Å². The van der Waals surface area contributed by atoms with Crippen LogP contribution in [0.1, 0.15) is 37.0 Å². The highest BCUT2D eigenvalue weighted by atomic mass is 16.3. The van der Waals surface area contributed by atoms with E-state index < -0.39 is 0 Å². The Morgan fingerprint density at radius 2 is 2.12 bits per heavy atom. The summed E-state index contributed by atoms with van der Waals surface area (Å²) < 4.78 is 0. The second kappa shape index (κ2) is 5.81. The molecule has 0 amide bonds. The molecule has 0 aliphatic heterocycles. The average Bonchev–Trinajstić information content (AvgIpc) is 2.27. The number of hydrogen-bond acceptors (Lipinski definition) is 3. The lowest BCUT2D eigenvalue weighted by molar-refractivity contribution is 0.230. The highest BCUT2D eigenvalue weighted by Crippen LogP contribution is 2.13. The van der Waals surface area contributed by atoms with Gasteiger partial charge in [0.25, 0.3) is 0 Å². The van der Waals surface area contributed by atoms with Gasteiger partial charge in [0.2, 0.25) is 0 Å². The first-order valence-corrected chi connectivity index (χ1v) is 5.84. The van der Waals surface area contributed by atoms with Crippen LogP contribution in [0.4, 0.5) is 0 Å². The standard InChI is InChI=1S/C14H20N2O/c1-11-8-12(9-15)4-5-13(11)10-16-14(2,3)6-7-17/h4-5,8,16-17H,6-7,10H2,1-3H3. The molecule has 0 atom stereocenters. The molecule has 1 aromatic rings. The zero-order valence-corrected chi connectivity index (χ0v) is 10.7. The van der Waals surface area contributed by atoms with Crippen LogP contribution < -0.4 is 5.32 Å². The van der Waals surface area contributed by atoms with Crippen LogP contribution in [0.25, 0.3) is 0 Å². The smallest absolute Gasteiger partial charge is 0.0991 e. The van der Waals surface area contributed by atoms with Gasteiger partial charge >= 0.3 is 0 Å². The van der Waals surface area contributed by atoms with Gasteiger partial charge in [-0.2, -0.15) is 5.26 Å². The summed E-state index contributed by atoms with van der Waals surface area (Å²) in [6.07, 6.45) is 0.725. The third-order valence-corrected chi connectivity index (χ3v) is 2.97. The summed E-state index contributed by atoms with van der Waals surface area (Å²) in [4.78, 5) is 0. The Bertz CT molecular complexity index is 419. The van der Waals surface area contributed by atoms with Crippen molar-refractivity contribution in [3.05, 3.63) is 34.9 Å². The number of hydrogen-bond donors (Lipinski definition) is 2. The number of benzene rings is 1. The second-order valence-corrected chi connectivity index (χ2v) is 4.96. The van der Waals surface area contributed by atoms with Crippen molar-refractivity contribution in [2.24, 2.45) is 0 Å². The molecule has 1 rings (SSSR count). The minimum Gasteiger partial charge on any atom is -0.396 e. The molecule has 0 radical (unpaired) electrons. The van der Waals surface area contributed by atoms with E-state index in [9.17, 15) is 0 Å². The Morgan fingerprint density at radius 1 is 1.41 bits per heavy atom. The Morgan fingerprint density at radius 3 is 2.65 bits per heavy atom. The van der Waals surface area contributed by atoms with E-state index in [4.69, 9.17) is 10.4 Å². The third-order valence-electron chi connectivity index (χ3n) is 2.97. The first-order valence-electron chi connectivity index (χ1n) is 5.84. The molecule has 0 saturated carbocycles. The number of aliphatic hydroxyl groups excluding tert-OH is 1. The number of nitriles is 1. The molecular formula is C14H20N2O. The number of nitrogens with zero attached hydrogens (tertiary/aromatic N) is 1. The van der Waals surface area contributed by atoms with Gasteiger partial charge in [-0.3, -0.25) is 0 Å². The lowest BCUT2D eigenvalue weighted by Gasteiger charge is -2.26. The predicted molar refractivity (Wildman–Crippen MR) is 68.5 cm³/mol. The highest BCUT2D eigenvalue weighted by molar-refractivity contribution is 5.37. The summed E-state index contributed by atoms with van der Waals surface area (Å²) in [5.41, 5.74) is 2.93. The Hall–Kier alpha value is -1.37. The minimum atomic E-state index is -0.0743. The van der Waals surface area contributed by atoms with Gasteiger partial charge in [0, 0.05) is 18.7 Å². The van der Waals surface area contributed by atoms with Crippen LogP contribution >= 0.6 is 0 Å². The maximum absolute atomic E-state index is 8.95. The molecule has 3 heteroatoms. The molecule has 3 nitrogen and oxygen atoms in total. The van der Waals surface area contributed by atoms with Gasteiger partial charge in [0.05, 0.1) is 11.6 Å². The van der Waals surface area contributed by atoms with Crippen LogP contribution in [-0.4, -0.2) is 17.3 Å². The van der Waals surface area contributed by atoms with E-state index in [2.05, 4.69) is 25.2 Å². The first kappa shape index (κ1) is 13.7. The molecule has 0 aliphatic rings. The molecule has 2 N–H and O–H groups in total. The van der Waals surface area contributed by atoms with E-state index in [1.165, 1.54) is 5.56 Å². The molecule has 0 aromatic heterocycles. The number of aryl methyl sites for hydroxylation is 1. The molecule has 0 aliphatic carbocycles. The van der Waals surface area contributed by atoms with Gasteiger partial charge in [0.15, 0.2) is 0 Å². The Kier molecular flexibility index (Phi) is 4.68. The molecule has 0 fully saturated rings. The van der Waals surface area contributed by atoms with Gasteiger partial charge in [-0.1, -0.05) is 6.07 Å². The van der Waals surface area contributed by atoms with Crippen molar-refractivity contribution in [1.82, 2.24) is 5.32 Å². The average molecular weight is 232 g/mol. The first-order chi connectivity index (χ1) is 7.98. The maximum Gasteiger partial charge on any atom is 0.0991 e. The van der Waals surface area contributed by atoms with Gasteiger partial charge in [0.1, 0.15) is 0 Å². The van der Waals surface area contributed by atoms with Crippen molar-refractivity contribution in [2.45, 2.75) is 39.3 Å². The number of rotatable bonds is 5. The molecule has 0 unspecified atom stereocenters. The van der Waals surface area contributed by atoms with Gasteiger partial charge in [-0.25, -0.2) is 0 Å². The van der Waals surface area contributed by atoms with Gasteiger partial charge in [-0.15, -0.1) is 0 Å². The van der Waals surface area contributed by atoms with Crippen LogP contribution in [-0.2, 0) is 6.54 Å². The van der Waals surface area contributed by atoms with Crippen LogP contribution in [0.3, 0.4) is 0 Å². The van der Waals surface area contributed by atoms with Crippen LogP contribution in [0.5, 0.6) is 0 Å². The van der Waals surface area contributed by atoms with E-state index in [0.717, 1.165) is 18.5 Å². The maximum atomic E-state index is 8.95. The lowest BCUT2D eigenvalue weighted by atomic mass is 9.99. The van der Waals surface area contributed by atoms with Crippen molar-refractivity contribution < 1.29 is 5.11 Å². The summed E-state index contributed by atoms with van der Waals surface area (Å²) in [7, 11) is 0. The van der Waals surface area contributed by atoms with Crippen molar-refractivity contribution >= 4 is 0 Å². The summed E-state index contributed by atoms with van der Waals surface area (Å²) >= 11 is 0. The number of aliphatic hydroxyl groups is 1. The van der Waals surface area contributed by atoms with E-state index in [-0.39, 0.29) is 12.1 Å². The summed E-state index contributed by atoms with van der Waals surface area (Å²) in [6, 6.07) is 7.85. The second-order valence-electron chi connectivity index (χ2n) is 4.96. The largest absolute Gasteiger partial charge is 0.396 e. The monoisotopic (exact) mass is 232 g/mol. The number of nitrogens with one attached hydrogen (secondary N) is 1. The van der Waals surface area contributed by atoms with E-state index in [1.54, 1.807) is 0 Å². The Balaban J connectivity index is 2.67. The molecule has 17 heavy (non-hydrogen) atoms. The van der Waals surface area contributed by atoms with E-state index in [1.807, 2.05) is 25.1 Å². The fourth-order valence-electron chi connectivity index (χ4n) is 1.67. The molecule has 0 heterocycles.